The Balaban J connectivity index is 1.69. The fourth-order valence-corrected chi connectivity index (χ4v) is 2.18. The van der Waals surface area contributed by atoms with Crippen LogP contribution in [0.4, 0.5) is 0 Å². The van der Waals surface area contributed by atoms with E-state index in [-0.39, 0.29) is 0 Å². The lowest BCUT2D eigenvalue weighted by Gasteiger charge is -2.00. The zero-order valence-corrected chi connectivity index (χ0v) is 12.4. The number of pyridine rings is 1. The van der Waals surface area contributed by atoms with Gasteiger partial charge in [0, 0.05) is 17.2 Å². The van der Waals surface area contributed by atoms with Crippen molar-refractivity contribution in [1.82, 2.24) is 20.0 Å². The van der Waals surface area contributed by atoms with Crippen LogP contribution in [0.25, 0.3) is 11.4 Å². The highest BCUT2D eigenvalue weighted by atomic mass is 79.9. The number of benzene rings is 1. The molecule has 5 heteroatoms. The fraction of sp³-hybridized carbons (Fsp3) is 0.133. The highest BCUT2D eigenvalue weighted by Crippen LogP contribution is 2.16. The van der Waals surface area contributed by atoms with E-state index in [1.165, 1.54) is 5.56 Å². The minimum Gasteiger partial charge on any atom is -0.253 e. The summed E-state index contributed by atoms with van der Waals surface area (Å²) in [5.74, 6) is 0. The van der Waals surface area contributed by atoms with Gasteiger partial charge in [-0.25, -0.2) is 0 Å². The molecule has 2 aromatic heterocycles. The highest BCUT2D eigenvalue weighted by Gasteiger charge is 2.05. The second-order valence-corrected chi connectivity index (χ2v) is 5.38. The van der Waals surface area contributed by atoms with Crippen molar-refractivity contribution in [3.8, 4) is 11.4 Å². The van der Waals surface area contributed by atoms with Crippen molar-refractivity contribution in [3.63, 3.8) is 0 Å². The number of aryl methyl sites for hydroxylation is 2. The van der Waals surface area contributed by atoms with Crippen molar-refractivity contribution in [2.45, 2.75) is 13.0 Å². The number of aromatic nitrogens is 4. The predicted octanol–water partition coefficient (Wildman–Crippen LogP) is 3.35. The van der Waals surface area contributed by atoms with Gasteiger partial charge < -0.3 is 0 Å². The van der Waals surface area contributed by atoms with Crippen LogP contribution in [0.1, 0.15) is 5.56 Å². The molecule has 0 amide bonds. The van der Waals surface area contributed by atoms with Crippen molar-refractivity contribution in [3.05, 3.63) is 64.9 Å². The first-order valence-electron chi connectivity index (χ1n) is 6.37. The molecule has 1 aromatic carbocycles. The van der Waals surface area contributed by atoms with Crippen LogP contribution in [0, 0.1) is 0 Å². The van der Waals surface area contributed by atoms with Crippen molar-refractivity contribution >= 4 is 15.9 Å². The molecule has 0 bridgehead atoms. The van der Waals surface area contributed by atoms with Gasteiger partial charge in [-0.15, -0.1) is 5.10 Å². The Morgan fingerprint density at radius 3 is 2.60 bits per heavy atom. The number of nitrogens with zero attached hydrogens (tertiary/aromatic N) is 4. The fourth-order valence-electron chi connectivity index (χ4n) is 1.94. The maximum absolute atomic E-state index is 4.32. The van der Waals surface area contributed by atoms with E-state index in [1.807, 2.05) is 41.2 Å². The summed E-state index contributed by atoms with van der Waals surface area (Å²) in [5.41, 5.74) is 2.93. The van der Waals surface area contributed by atoms with Crippen LogP contribution in [0.3, 0.4) is 0 Å². The monoisotopic (exact) mass is 328 g/mol. The lowest BCUT2D eigenvalue weighted by atomic mass is 10.1. The Bertz CT molecular complexity index is 677. The predicted molar refractivity (Wildman–Crippen MR) is 81.1 cm³/mol. The maximum atomic E-state index is 4.32. The van der Waals surface area contributed by atoms with Gasteiger partial charge >= 0.3 is 0 Å². The summed E-state index contributed by atoms with van der Waals surface area (Å²) in [5, 5.41) is 8.31. The lowest BCUT2D eigenvalue weighted by molar-refractivity contribution is 0.589. The minimum absolute atomic E-state index is 0.797. The minimum atomic E-state index is 0.797. The van der Waals surface area contributed by atoms with E-state index in [0.29, 0.717) is 0 Å². The largest absolute Gasteiger partial charge is 0.253 e. The molecule has 0 atom stereocenters. The van der Waals surface area contributed by atoms with Crippen molar-refractivity contribution in [2.75, 3.05) is 0 Å². The normalized spacial score (nSPS) is 10.7. The van der Waals surface area contributed by atoms with E-state index >= 15 is 0 Å². The molecular weight excluding hydrogens is 316 g/mol. The van der Waals surface area contributed by atoms with Crippen LogP contribution in [0.5, 0.6) is 0 Å². The van der Waals surface area contributed by atoms with Crippen molar-refractivity contribution < 1.29 is 0 Å². The third-order valence-corrected chi connectivity index (χ3v) is 3.47. The van der Waals surface area contributed by atoms with Crippen LogP contribution < -0.4 is 0 Å². The number of halogens is 1. The SMILES string of the molecule is Brc1ccc(-c2cn(CCc3ccccc3)nn2)nc1. The van der Waals surface area contributed by atoms with Gasteiger partial charge in [-0.3, -0.25) is 9.67 Å². The molecule has 2 heterocycles. The van der Waals surface area contributed by atoms with Crippen LogP contribution in [0.15, 0.2) is 59.3 Å². The molecule has 0 fully saturated rings. The van der Waals surface area contributed by atoms with Crippen molar-refractivity contribution in [1.29, 1.82) is 0 Å². The third kappa shape index (κ3) is 3.11. The summed E-state index contributed by atoms with van der Waals surface area (Å²) in [6.45, 7) is 0.813. The first kappa shape index (κ1) is 13.0. The summed E-state index contributed by atoms with van der Waals surface area (Å²) in [4.78, 5) is 4.32. The molecule has 3 rings (SSSR count). The maximum Gasteiger partial charge on any atom is 0.131 e. The van der Waals surface area contributed by atoms with Gasteiger partial charge in [0.05, 0.1) is 11.9 Å². The Kier molecular flexibility index (Phi) is 3.87. The molecule has 0 saturated heterocycles. The molecule has 0 aliphatic heterocycles. The molecule has 3 aromatic rings. The number of hydrogen-bond donors (Lipinski definition) is 0. The standard InChI is InChI=1S/C15H13BrN4/c16-13-6-7-14(17-10-13)15-11-20(19-18-15)9-8-12-4-2-1-3-5-12/h1-7,10-11H,8-9H2. The molecule has 0 radical (unpaired) electrons. The zero-order valence-electron chi connectivity index (χ0n) is 10.8. The first-order chi connectivity index (χ1) is 9.81. The van der Waals surface area contributed by atoms with E-state index < -0.39 is 0 Å². The van der Waals surface area contributed by atoms with E-state index in [0.717, 1.165) is 28.8 Å². The average Bonchev–Trinajstić information content (AvgIpc) is 2.96. The molecular formula is C15H13BrN4. The Hall–Kier alpha value is -2.01. The molecule has 0 spiro atoms. The first-order valence-corrected chi connectivity index (χ1v) is 7.16. The zero-order chi connectivity index (χ0) is 13.8. The van der Waals surface area contributed by atoms with Gasteiger partial charge in [-0.2, -0.15) is 0 Å². The van der Waals surface area contributed by atoms with Gasteiger partial charge in [-0.05, 0) is 40.0 Å². The van der Waals surface area contributed by atoms with Gasteiger partial charge in [0.15, 0.2) is 0 Å². The summed E-state index contributed by atoms with van der Waals surface area (Å²) in [6.07, 6.45) is 4.63. The Labute approximate surface area is 125 Å². The van der Waals surface area contributed by atoms with E-state index in [9.17, 15) is 0 Å². The number of rotatable bonds is 4. The number of hydrogen-bond acceptors (Lipinski definition) is 3. The van der Waals surface area contributed by atoms with Gasteiger partial charge in [0.2, 0.25) is 0 Å². The lowest BCUT2D eigenvalue weighted by Crippen LogP contribution is -2.01. The molecule has 0 aliphatic carbocycles. The quantitative estimate of drug-likeness (QED) is 0.737. The molecule has 0 unspecified atom stereocenters. The smallest absolute Gasteiger partial charge is 0.131 e. The van der Waals surface area contributed by atoms with Crippen LogP contribution in [-0.4, -0.2) is 20.0 Å². The van der Waals surface area contributed by atoms with Crippen LogP contribution in [-0.2, 0) is 13.0 Å². The average molecular weight is 329 g/mol. The topological polar surface area (TPSA) is 43.6 Å². The molecule has 4 nitrogen and oxygen atoms in total. The van der Waals surface area contributed by atoms with Gasteiger partial charge in [-0.1, -0.05) is 35.5 Å². The van der Waals surface area contributed by atoms with Crippen LogP contribution in [0.2, 0.25) is 0 Å². The van der Waals surface area contributed by atoms with Gasteiger partial charge in [0.25, 0.3) is 0 Å². The Morgan fingerprint density at radius 2 is 1.85 bits per heavy atom. The Morgan fingerprint density at radius 1 is 1.00 bits per heavy atom. The molecule has 20 heavy (non-hydrogen) atoms. The molecule has 0 aliphatic rings. The molecule has 100 valence electrons. The van der Waals surface area contributed by atoms with E-state index in [4.69, 9.17) is 0 Å². The molecule has 0 saturated carbocycles. The summed E-state index contributed by atoms with van der Waals surface area (Å²) in [6, 6.07) is 14.2. The summed E-state index contributed by atoms with van der Waals surface area (Å²) in [7, 11) is 0. The summed E-state index contributed by atoms with van der Waals surface area (Å²) < 4.78 is 2.81. The van der Waals surface area contributed by atoms with E-state index in [2.05, 4.69) is 43.4 Å². The highest BCUT2D eigenvalue weighted by molar-refractivity contribution is 9.10. The second kappa shape index (κ2) is 5.96. The van der Waals surface area contributed by atoms with Gasteiger partial charge in [0.1, 0.15) is 5.69 Å². The van der Waals surface area contributed by atoms with E-state index in [1.54, 1.807) is 6.20 Å². The second-order valence-electron chi connectivity index (χ2n) is 4.46. The molecule has 0 N–H and O–H groups in total. The summed E-state index contributed by atoms with van der Waals surface area (Å²) >= 11 is 3.37. The third-order valence-electron chi connectivity index (χ3n) is 3.00. The van der Waals surface area contributed by atoms with Crippen molar-refractivity contribution in [2.24, 2.45) is 0 Å². The van der Waals surface area contributed by atoms with Crippen LogP contribution >= 0.6 is 15.9 Å².